The van der Waals surface area contributed by atoms with E-state index in [1.807, 2.05) is 12.1 Å². The van der Waals surface area contributed by atoms with Crippen LogP contribution in [0.1, 0.15) is 164 Å². The van der Waals surface area contributed by atoms with Crippen LogP contribution in [0.5, 0.6) is 0 Å². The fraction of sp³-hybridized carbons (Fsp3) is 0.667. The SMILES string of the molecule is CNC(C)C(=O)NC(C(=O)N1CCCC1C(=O)NC1CCCc2c(Nc3cccc4c3CCC[C@H]4NC(=O)C3CCCN3C(=O)C(NC(=O)C(C)NC)C3CCCCC3)cccc21)C1CCCCC1. The molecule has 2 aromatic carbocycles. The van der Waals surface area contributed by atoms with Crippen LogP contribution in [0, 0.1) is 11.8 Å². The minimum absolute atomic E-state index is 0.0542. The lowest BCUT2D eigenvalue weighted by atomic mass is 9.83. The van der Waals surface area contributed by atoms with Crippen LogP contribution in [0.15, 0.2) is 36.4 Å². The number of benzene rings is 2. The van der Waals surface area contributed by atoms with Crippen molar-refractivity contribution in [3.8, 4) is 0 Å². The fourth-order valence-corrected chi connectivity index (χ4v) is 12.4. The van der Waals surface area contributed by atoms with Gasteiger partial charge in [0.25, 0.3) is 0 Å². The summed E-state index contributed by atoms with van der Waals surface area (Å²) in [5.74, 6) is -0.853. The summed E-state index contributed by atoms with van der Waals surface area (Å²) < 4.78 is 0. The Balaban J connectivity index is 0.939. The highest BCUT2D eigenvalue weighted by Crippen LogP contribution is 2.40. The van der Waals surface area contributed by atoms with Crippen molar-refractivity contribution in [3.05, 3.63) is 58.7 Å². The maximum absolute atomic E-state index is 14.4. The van der Waals surface area contributed by atoms with E-state index in [9.17, 15) is 28.8 Å². The van der Waals surface area contributed by atoms with Crippen molar-refractivity contribution >= 4 is 46.8 Å². The molecule has 2 aromatic rings. The number of rotatable bonds is 16. The molecule has 8 rings (SSSR count). The van der Waals surface area contributed by atoms with E-state index in [1.54, 1.807) is 37.7 Å². The van der Waals surface area contributed by atoms with Crippen LogP contribution in [0.25, 0.3) is 0 Å². The Kier molecular flexibility index (Phi) is 17.0. The molecule has 6 amide bonds. The Morgan fingerprint density at radius 3 is 1.30 bits per heavy atom. The minimum Gasteiger partial charge on any atom is -0.355 e. The van der Waals surface area contributed by atoms with E-state index >= 15 is 0 Å². The van der Waals surface area contributed by atoms with E-state index in [-0.39, 0.29) is 59.4 Å². The van der Waals surface area contributed by atoms with Crippen molar-refractivity contribution in [3.63, 3.8) is 0 Å². The van der Waals surface area contributed by atoms with Crippen LogP contribution in [-0.2, 0) is 41.6 Å². The summed E-state index contributed by atoms with van der Waals surface area (Å²) in [4.78, 5) is 87.0. The Morgan fingerprint density at radius 2 is 0.913 bits per heavy atom. The number of likely N-dealkylation sites (tertiary alicyclic amines) is 2. The van der Waals surface area contributed by atoms with Gasteiger partial charge < -0.3 is 47.0 Å². The first-order valence-electron chi connectivity index (χ1n) is 26.6. The van der Waals surface area contributed by atoms with Gasteiger partial charge in [-0.05, 0) is 164 Å². The molecule has 0 spiro atoms. The second-order valence-corrected chi connectivity index (χ2v) is 20.9. The summed E-state index contributed by atoms with van der Waals surface area (Å²) in [5, 5.41) is 22.7. The van der Waals surface area contributed by atoms with Gasteiger partial charge in [0.15, 0.2) is 0 Å². The zero-order chi connectivity index (χ0) is 48.6. The predicted octanol–water partition coefficient (Wildman–Crippen LogP) is 5.75. The minimum atomic E-state index is -0.646. The number of fused-ring (bicyclic) bond motifs is 2. The molecule has 376 valence electrons. The van der Waals surface area contributed by atoms with Crippen LogP contribution in [-0.4, -0.2) is 109 Å². The lowest BCUT2D eigenvalue weighted by Gasteiger charge is -2.36. The molecule has 0 bridgehead atoms. The quantitative estimate of drug-likeness (QED) is 0.110. The van der Waals surface area contributed by atoms with Crippen molar-refractivity contribution in [1.29, 1.82) is 0 Å². The van der Waals surface area contributed by atoms with E-state index in [0.29, 0.717) is 25.9 Å². The van der Waals surface area contributed by atoms with Crippen molar-refractivity contribution in [2.24, 2.45) is 11.8 Å². The molecule has 69 heavy (non-hydrogen) atoms. The Hall–Kier alpha value is -5.02. The number of nitrogens with one attached hydrogen (secondary N) is 7. The highest BCUT2D eigenvalue weighted by atomic mass is 16.2. The van der Waals surface area contributed by atoms with Gasteiger partial charge in [0.2, 0.25) is 35.4 Å². The van der Waals surface area contributed by atoms with E-state index in [0.717, 1.165) is 138 Å². The van der Waals surface area contributed by atoms with Gasteiger partial charge in [-0.15, -0.1) is 0 Å². The lowest BCUT2D eigenvalue weighted by molar-refractivity contribution is -0.143. The molecule has 4 aliphatic carbocycles. The third-order valence-corrected chi connectivity index (χ3v) is 16.6. The Bertz CT molecular complexity index is 2020. The van der Waals surface area contributed by atoms with Crippen LogP contribution >= 0.6 is 0 Å². The van der Waals surface area contributed by atoms with Crippen molar-refractivity contribution in [2.75, 3.05) is 32.5 Å². The van der Waals surface area contributed by atoms with E-state index in [4.69, 9.17) is 0 Å². The second-order valence-electron chi connectivity index (χ2n) is 20.9. The first kappa shape index (κ1) is 50.4. The number of anilines is 2. The molecule has 0 radical (unpaired) electrons. The molecule has 7 unspecified atom stereocenters. The molecule has 15 nitrogen and oxygen atoms in total. The summed E-state index contributed by atoms with van der Waals surface area (Å²) in [6.45, 7) is 4.57. The maximum Gasteiger partial charge on any atom is 0.246 e. The number of hydrogen-bond donors (Lipinski definition) is 7. The van der Waals surface area contributed by atoms with Gasteiger partial charge in [-0.1, -0.05) is 62.8 Å². The van der Waals surface area contributed by atoms with E-state index in [2.05, 4.69) is 61.5 Å². The van der Waals surface area contributed by atoms with Crippen molar-refractivity contribution in [1.82, 2.24) is 41.7 Å². The van der Waals surface area contributed by atoms with Gasteiger partial charge in [0, 0.05) is 24.5 Å². The number of carbonyl (C=O) groups is 6. The molecule has 2 aliphatic heterocycles. The lowest BCUT2D eigenvalue weighted by Crippen LogP contribution is -2.58. The third kappa shape index (κ3) is 11.5. The monoisotopic (exact) mass is 950 g/mol. The van der Waals surface area contributed by atoms with Crippen LogP contribution in [0.4, 0.5) is 11.4 Å². The van der Waals surface area contributed by atoms with Crippen LogP contribution < -0.4 is 37.2 Å². The van der Waals surface area contributed by atoms with Gasteiger partial charge in [-0.3, -0.25) is 28.8 Å². The number of nitrogens with zero attached hydrogens (tertiary/aromatic N) is 2. The Labute approximate surface area is 409 Å². The molecule has 15 heteroatoms. The smallest absolute Gasteiger partial charge is 0.246 e. The molecule has 0 aromatic heterocycles. The van der Waals surface area contributed by atoms with Gasteiger partial charge in [0.1, 0.15) is 24.2 Å². The van der Waals surface area contributed by atoms with Gasteiger partial charge in [-0.25, -0.2) is 0 Å². The predicted molar refractivity (Wildman–Crippen MR) is 267 cm³/mol. The van der Waals surface area contributed by atoms with E-state index in [1.165, 1.54) is 11.1 Å². The molecular formula is C54H79N9O6. The highest BCUT2D eigenvalue weighted by Gasteiger charge is 2.44. The average molecular weight is 950 g/mol. The molecule has 6 aliphatic rings. The standard InChI is InChI=1S/C54H79N9O6/c1-33(55-3)49(64)60-47(35-17-7-5-8-18-35)53(68)62-31-15-29-45(62)51(66)58-43-27-13-21-37-39(43)23-11-25-41(37)57-42-26-12-24-40-38(42)22-14-28-44(40)59-52(67)46-30-16-32-63(46)54(69)48(36-19-9-6-10-20-36)61-50(65)34(2)56-4/h11-12,23-26,33-36,43-48,55-57H,5-10,13-22,27-32H2,1-4H3,(H,58,66)(H,59,67)(H,60,64)(H,61,65)/t33?,34?,43-,44?,45?,46?,47?,48?/m1/s1. The second kappa shape index (κ2) is 23.3. The summed E-state index contributed by atoms with van der Waals surface area (Å²) in [5.41, 5.74) is 6.48. The van der Waals surface area contributed by atoms with Gasteiger partial charge in [-0.2, -0.15) is 0 Å². The first-order valence-corrected chi connectivity index (χ1v) is 26.6. The van der Waals surface area contributed by atoms with E-state index < -0.39 is 36.3 Å². The molecule has 2 saturated carbocycles. The number of carbonyl (C=O) groups excluding carboxylic acids is 6. The summed E-state index contributed by atoms with van der Waals surface area (Å²) in [6, 6.07) is 8.76. The normalized spacial score (nSPS) is 24.8. The largest absolute Gasteiger partial charge is 0.355 e. The number of likely N-dealkylation sites (N-methyl/N-ethyl adjacent to an activating group) is 2. The van der Waals surface area contributed by atoms with Crippen molar-refractivity contribution in [2.45, 2.75) is 191 Å². The third-order valence-electron chi connectivity index (χ3n) is 16.6. The maximum atomic E-state index is 14.4. The molecule has 7 N–H and O–H groups in total. The zero-order valence-electron chi connectivity index (χ0n) is 41.6. The molecule has 8 atom stereocenters. The Morgan fingerprint density at radius 1 is 0.507 bits per heavy atom. The number of amides is 6. The highest BCUT2D eigenvalue weighted by molar-refractivity contribution is 5.95. The van der Waals surface area contributed by atoms with Gasteiger partial charge >= 0.3 is 0 Å². The molecule has 2 heterocycles. The topological polar surface area (TPSA) is 193 Å². The van der Waals surface area contributed by atoms with Gasteiger partial charge in [0.05, 0.1) is 24.2 Å². The molecule has 4 fully saturated rings. The summed E-state index contributed by atoms with van der Waals surface area (Å²) in [6.07, 6.45) is 17.7. The first-order chi connectivity index (χ1) is 33.5. The molecular weight excluding hydrogens is 871 g/mol. The van der Waals surface area contributed by atoms with Crippen LogP contribution in [0.2, 0.25) is 0 Å². The fourth-order valence-electron chi connectivity index (χ4n) is 12.4. The summed E-state index contributed by atoms with van der Waals surface area (Å²) in [7, 11) is 3.47. The van der Waals surface area contributed by atoms with Crippen molar-refractivity contribution < 1.29 is 28.8 Å². The molecule has 2 saturated heterocycles. The zero-order valence-corrected chi connectivity index (χ0v) is 41.6. The summed E-state index contributed by atoms with van der Waals surface area (Å²) >= 11 is 0. The average Bonchev–Trinajstić information content (AvgIpc) is 4.09. The van der Waals surface area contributed by atoms with Crippen LogP contribution in [0.3, 0.4) is 0 Å². The number of hydrogen-bond acceptors (Lipinski definition) is 9.